The van der Waals surface area contributed by atoms with Gasteiger partial charge in [0, 0.05) is 37.0 Å². The molecule has 1 aliphatic heterocycles. The molecule has 1 saturated heterocycles. The topological polar surface area (TPSA) is 65.5 Å². The Morgan fingerprint density at radius 3 is 2.85 bits per heavy atom. The van der Waals surface area contributed by atoms with Crippen molar-refractivity contribution in [2.24, 2.45) is 5.92 Å². The van der Waals surface area contributed by atoms with Gasteiger partial charge in [-0.25, -0.2) is 4.98 Å². The molecule has 1 aromatic heterocycles. The molecule has 1 N–H and O–H groups in total. The molecule has 2 aromatic rings. The van der Waals surface area contributed by atoms with E-state index in [2.05, 4.69) is 10.3 Å². The molecule has 1 aromatic carbocycles. The summed E-state index contributed by atoms with van der Waals surface area (Å²) in [6, 6.07) is 9.99. The van der Waals surface area contributed by atoms with Crippen molar-refractivity contribution in [1.29, 1.82) is 0 Å². The number of likely N-dealkylation sites (tertiary alicyclic amines) is 1. The van der Waals surface area contributed by atoms with Gasteiger partial charge in [0.2, 0.25) is 11.8 Å². The van der Waals surface area contributed by atoms with Crippen molar-refractivity contribution in [3.05, 3.63) is 41.4 Å². The molecule has 0 bridgehead atoms. The van der Waals surface area contributed by atoms with Crippen LogP contribution in [0.3, 0.4) is 0 Å². The average Bonchev–Trinajstić information content (AvgIpc) is 3.25. The van der Waals surface area contributed by atoms with Crippen LogP contribution in [0.4, 0.5) is 0 Å². The molecule has 0 spiro atoms. The number of likely N-dealkylation sites (N-methyl/N-ethyl adjacent to an activating group) is 1. The second-order valence-corrected chi connectivity index (χ2v) is 7.63. The van der Waals surface area contributed by atoms with Crippen LogP contribution in [0.5, 0.6) is 0 Å². The van der Waals surface area contributed by atoms with E-state index in [1.807, 2.05) is 54.7 Å². The highest BCUT2D eigenvalue weighted by molar-refractivity contribution is 7.13. The van der Waals surface area contributed by atoms with Gasteiger partial charge in [0.05, 0.1) is 18.2 Å². The van der Waals surface area contributed by atoms with Crippen molar-refractivity contribution in [2.45, 2.75) is 13.0 Å². The molecule has 1 aliphatic rings. The molecule has 138 valence electrons. The van der Waals surface area contributed by atoms with Crippen LogP contribution in [0.2, 0.25) is 0 Å². The van der Waals surface area contributed by atoms with E-state index in [4.69, 9.17) is 0 Å². The van der Waals surface area contributed by atoms with Crippen molar-refractivity contribution >= 4 is 23.2 Å². The molecule has 0 radical (unpaired) electrons. The Morgan fingerprint density at radius 1 is 1.35 bits per heavy atom. The fraction of sp³-hybridized carbons (Fsp3) is 0.421. The van der Waals surface area contributed by atoms with Crippen LogP contribution >= 0.6 is 11.3 Å². The largest absolute Gasteiger partial charge is 0.350 e. The number of nitrogens with one attached hydrogen (secondary N) is 1. The zero-order valence-corrected chi connectivity index (χ0v) is 16.0. The summed E-state index contributed by atoms with van der Waals surface area (Å²) in [7, 11) is 3.95. The number of rotatable bonds is 7. The number of aromatic nitrogens is 1. The zero-order chi connectivity index (χ0) is 18.5. The van der Waals surface area contributed by atoms with Gasteiger partial charge in [0.15, 0.2) is 0 Å². The first kappa shape index (κ1) is 18.5. The minimum atomic E-state index is -0.267. The van der Waals surface area contributed by atoms with Gasteiger partial charge in [-0.1, -0.05) is 30.3 Å². The smallest absolute Gasteiger partial charge is 0.225 e. The lowest BCUT2D eigenvalue weighted by Gasteiger charge is -2.19. The Hall–Kier alpha value is -2.25. The van der Waals surface area contributed by atoms with E-state index in [-0.39, 0.29) is 17.7 Å². The molecule has 1 fully saturated rings. The van der Waals surface area contributed by atoms with Crippen LogP contribution in [-0.4, -0.2) is 60.3 Å². The predicted molar refractivity (Wildman–Crippen MR) is 103 cm³/mol. The molecule has 0 saturated carbocycles. The van der Waals surface area contributed by atoms with Gasteiger partial charge in [0.1, 0.15) is 5.01 Å². The van der Waals surface area contributed by atoms with Crippen molar-refractivity contribution in [1.82, 2.24) is 20.1 Å². The van der Waals surface area contributed by atoms with Crippen molar-refractivity contribution < 1.29 is 9.59 Å². The highest BCUT2D eigenvalue weighted by Gasteiger charge is 2.33. The Bertz CT molecular complexity index is 760. The first-order chi connectivity index (χ1) is 12.5. The van der Waals surface area contributed by atoms with Gasteiger partial charge < -0.3 is 15.1 Å². The SMILES string of the molecule is CN(C)CCN1CC(C(=O)NCc2csc(-c3ccccc3)n2)CC1=O. The standard InChI is InChI=1S/C19H24N4O2S/c1-22(2)8-9-23-12-15(10-17(23)24)18(25)20-11-16-13-26-19(21-16)14-6-4-3-5-7-14/h3-7,13,15H,8-12H2,1-2H3,(H,20,25). The number of amides is 2. The van der Waals surface area contributed by atoms with Crippen LogP contribution in [0.1, 0.15) is 12.1 Å². The fourth-order valence-corrected chi connectivity index (χ4v) is 3.73. The molecule has 6 nitrogen and oxygen atoms in total. The minimum Gasteiger partial charge on any atom is -0.350 e. The molecule has 0 aliphatic carbocycles. The fourth-order valence-electron chi connectivity index (χ4n) is 2.91. The summed E-state index contributed by atoms with van der Waals surface area (Å²) in [5.74, 6) is -0.274. The number of carbonyl (C=O) groups excluding carboxylic acids is 2. The average molecular weight is 372 g/mol. The Kier molecular flexibility index (Phi) is 6.00. The van der Waals surface area contributed by atoms with Crippen LogP contribution in [0.15, 0.2) is 35.7 Å². The van der Waals surface area contributed by atoms with Crippen molar-refractivity contribution in [2.75, 3.05) is 33.7 Å². The third-order valence-electron chi connectivity index (χ3n) is 4.42. The highest BCUT2D eigenvalue weighted by atomic mass is 32.1. The number of hydrogen-bond donors (Lipinski definition) is 1. The van der Waals surface area contributed by atoms with E-state index in [1.54, 1.807) is 16.2 Å². The highest BCUT2D eigenvalue weighted by Crippen LogP contribution is 2.23. The Labute approximate surface area is 157 Å². The second-order valence-electron chi connectivity index (χ2n) is 6.77. The number of thiazole rings is 1. The minimum absolute atomic E-state index is 0.0621. The van der Waals surface area contributed by atoms with Crippen LogP contribution < -0.4 is 5.32 Å². The molecular formula is C19H24N4O2S. The normalized spacial score (nSPS) is 17.1. The molecule has 26 heavy (non-hydrogen) atoms. The van der Waals surface area contributed by atoms with E-state index in [0.717, 1.165) is 22.8 Å². The Morgan fingerprint density at radius 2 is 2.12 bits per heavy atom. The van der Waals surface area contributed by atoms with Crippen molar-refractivity contribution in [3.8, 4) is 10.6 Å². The zero-order valence-electron chi connectivity index (χ0n) is 15.1. The molecule has 3 rings (SSSR count). The first-order valence-corrected chi connectivity index (χ1v) is 9.61. The first-order valence-electron chi connectivity index (χ1n) is 8.73. The monoisotopic (exact) mass is 372 g/mol. The van der Waals surface area contributed by atoms with Gasteiger partial charge in [-0.2, -0.15) is 0 Å². The van der Waals surface area contributed by atoms with Gasteiger partial charge in [0.25, 0.3) is 0 Å². The molecule has 2 amide bonds. The second kappa shape index (κ2) is 8.42. The molecule has 2 heterocycles. The van der Waals surface area contributed by atoms with E-state index in [1.165, 1.54) is 0 Å². The molecule has 1 unspecified atom stereocenters. The lowest BCUT2D eigenvalue weighted by atomic mass is 10.1. The van der Waals surface area contributed by atoms with Gasteiger partial charge in [-0.05, 0) is 14.1 Å². The maximum atomic E-state index is 12.4. The van der Waals surface area contributed by atoms with E-state index in [0.29, 0.717) is 26.1 Å². The quantitative estimate of drug-likeness (QED) is 0.805. The summed E-state index contributed by atoms with van der Waals surface area (Å²) in [5.41, 5.74) is 1.92. The Balaban J connectivity index is 1.50. The summed E-state index contributed by atoms with van der Waals surface area (Å²) in [4.78, 5) is 32.8. The van der Waals surface area contributed by atoms with E-state index in [9.17, 15) is 9.59 Å². The van der Waals surface area contributed by atoms with Gasteiger partial charge in [-0.15, -0.1) is 11.3 Å². The summed E-state index contributed by atoms with van der Waals surface area (Å²) in [5, 5.41) is 5.84. The lowest BCUT2D eigenvalue weighted by molar-refractivity contribution is -0.129. The maximum Gasteiger partial charge on any atom is 0.225 e. The summed E-state index contributed by atoms with van der Waals surface area (Å²) in [6.07, 6.45) is 0.297. The molecular weight excluding hydrogens is 348 g/mol. The third-order valence-corrected chi connectivity index (χ3v) is 5.36. The summed E-state index contributed by atoms with van der Waals surface area (Å²) in [6.45, 7) is 2.37. The molecule has 1 atom stereocenters. The molecule has 7 heteroatoms. The number of nitrogens with zero attached hydrogens (tertiary/aromatic N) is 3. The summed E-state index contributed by atoms with van der Waals surface area (Å²) >= 11 is 1.57. The van der Waals surface area contributed by atoms with Crippen molar-refractivity contribution in [3.63, 3.8) is 0 Å². The number of benzene rings is 1. The van der Waals surface area contributed by atoms with Gasteiger partial charge in [-0.3, -0.25) is 9.59 Å². The van der Waals surface area contributed by atoms with E-state index < -0.39 is 0 Å². The van der Waals surface area contributed by atoms with Crippen LogP contribution in [0, 0.1) is 5.92 Å². The van der Waals surface area contributed by atoms with Crippen LogP contribution in [-0.2, 0) is 16.1 Å². The number of hydrogen-bond acceptors (Lipinski definition) is 5. The third kappa shape index (κ3) is 4.68. The lowest BCUT2D eigenvalue weighted by Crippen LogP contribution is -2.35. The van der Waals surface area contributed by atoms with Gasteiger partial charge >= 0.3 is 0 Å². The summed E-state index contributed by atoms with van der Waals surface area (Å²) < 4.78 is 0. The number of carbonyl (C=O) groups is 2. The predicted octanol–water partition coefficient (Wildman–Crippen LogP) is 1.84. The van der Waals surface area contributed by atoms with E-state index >= 15 is 0 Å². The van der Waals surface area contributed by atoms with Crippen LogP contribution in [0.25, 0.3) is 10.6 Å². The maximum absolute atomic E-state index is 12.4.